The number of carbonyl (C=O) groups excluding carboxylic acids is 1. The van der Waals surface area contributed by atoms with Crippen LogP contribution in [0.4, 0.5) is 11.5 Å². The first-order valence-corrected chi connectivity index (χ1v) is 8.94. The number of benzene rings is 1. The van der Waals surface area contributed by atoms with Gasteiger partial charge in [-0.05, 0) is 29.4 Å². The summed E-state index contributed by atoms with van der Waals surface area (Å²) in [5.41, 5.74) is 8.41. The van der Waals surface area contributed by atoms with Crippen molar-refractivity contribution in [2.24, 2.45) is 0 Å². The van der Waals surface area contributed by atoms with Gasteiger partial charge in [-0.25, -0.2) is 14.6 Å². The number of imidazole rings is 1. The Morgan fingerprint density at radius 2 is 2.14 bits per heavy atom. The Kier molecular flexibility index (Phi) is 4.59. The number of rotatable bonds is 5. The highest BCUT2D eigenvalue weighted by atomic mass is 16.6. The summed E-state index contributed by atoms with van der Waals surface area (Å²) in [6.45, 7) is 4.11. The lowest BCUT2D eigenvalue weighted by atomic mass is 10.3. The molecule has 0 fully saturated rings. The molecule has 1 aromatic carbocycles. The van der Waals surface area contributed by atoms with Gasteiger partial charge in [0, 0.05) is 38.3 Å². The molecule has 2 N–H and O–H groups in total. The SMILES string of the molecule is CCn1c(-c2nonc2N)nc2cnc(Oc3cccc(N(C)C(C)=O)c3)cc21. The molecule has 0 saturated heterocycles. The van der Waals surface area contributed by atoms with Gasteiger partial charge in [0.2, 0.25) is 11.8 Å². The molecule has 148 valence electrons. The minimum atomic E-state index is -0.0670. The van der Waals surface area contributed by atoms with Crippen LogP contribution in [0.3, 0.4) is 0 Å². The van der Waals surface area contributed by atoms with Gasteiger partial charge in [0.05, 0.1) is 11.7 Å². The van der Waals surface area contributed by atoms with Gasteiger partial charge in [0.1, 0.15) is 11.3 Å². The first-order valence-electron chi connectivity index (χ1n) is 8.94. The third kappa shape index (κ3) is 3.35. The van der Waals surface area contributed by atoms with Crippen LogP contribution in [-0.4, -0.2) is 37.8 Å². The summed E-state index contributed by atoms with van der Waals surface area (Å²) in [5.74, 6) is 1.61. The lowest BCUT2D eigenvalue weighted by Gasteiger charge is -2.15. The van der Waals surface area contributed by atoms with Crippen LogP contribution in [0.5, 0.6) is 11.6 Å². The minimum absolute atomic E-state index is 0.0670. The van der Waals surface area contributed by atoms with Crippen molar-refractivity contribution in [3.8, 4) is 23.1 Å². The third-order valence-corrected chi connectivity index (χ3v) is 4.55. The fourth-order valence-electron chi connectivity index (χ4n) is 2.98. The number of anilines is 2. The summed E-state index contributed by atoms with van der Waals surface area (Å²) in [6, 6.07) is 9.02. The molecule has 29 heavy (non-hydrogen) atoms. The van der Waals surface area contributed by atoms with Crippen LogP contribution in [0.1, 0.15) is 13.8 Å². The van der Waals surface area contributed by atoms with Crippen LogP contribution in [0, 0.1) is 0 Å². The minimum Gasteiger partial charge on any atom is -0.439 e. The zero-order valence-electron chi connectivity index (χ0n) is 16.2. The summed E-state index contributed by atoms with van der Waals surface area (Å²) >= 11 is 0. The molecule has 4 rings (SSSR count). The van der Waals surface area contributed by atoms with E-state index in [1.54, 1.807) is 31.4 Å². The van der Waals surface area contributed by atoms with Crippen molar-refractivity contribution in [1.29, 1.82) is 0 Å². The van der Waals surface area contributed by atoms with Crippen LogP contribution >= 0.6 is 0 Å². The Morgan fingerprint density at radius 3 is 2.83 bits per heavy atom. The van der Waals surface area contributed by atoms with E-state index in [2.05, 4.69) is 20.3 Å². The molecule has 0 atom stereocenters. The highest BCUT2D eigenvalue weighted by Crippen LogP contribution is 2.30. The first-order chi connectivity index (χ1) is 14.0. The summed E-state index contributed by atoms with van der Waals surface area (Å²) < 4.78 is 12.5. The van der Waals surface area contributed by atoms with Gasteiger partial charge < -0.3 is 19.9 Å². The summed E-state index contributed by atoms with van der Waals surface area (Å²) in [5, 5.41) is 7.46. The maximum atomic E-state index is 11.6. The fourth-order valence-corrected chi connectivity index (χ4v) is 2.98. The molecular formula is C19H19N7O3. The number of carbonyl (C=O) groups is 1. The average Bonchev–Trinajstić information content (AvgIpc) is 3.29. The van der Waals surface area contributed by atoms with E-state index >= 15 is 0 Å². The molecule has 4 aromatic rings. The molecule has 0 spiro atoms. The average molecular weight is 393 g/mol. The second-order valence-electron chi connectivity index (χ2n) is 6.37. The molecule has 10 heteroatoms. The second-order valence-corrected chi connectivity index (χ2v) is 6.37. The largest absolute Gasteiger partial charge is 0.439 e. The molecule has 0 unspecified atom stereocenters. The summed E-state index contributed by atoms with van der Waals surface area (Å²) in [7, 11) is 1.71. The lowest BCUT2D eigenvalue weighted by molar-refractivity contribution is -0.116. The number of pyridine rings is 1. The van der Waals surface area contributed by atoms with Crippen molar-refractivity contribution in [2.75, 3.05) is 17.7 Å². The standard InChI is InChI=1S/C19H19N7O3/c1-4-26-15-9-16(28-13-7-5-6-12(8-13)25(3)11(2)27)21-10-14(15)22-19(26)17-18(20)24-29-23-17/h5-10H,4H2,1-3H3,(H2,20,24). The quantitative estimate of drug-likeness (QED) is 0.549. The van der Waals surface area contributed by atoms with Crippen LogP contribution < -0.4 is 15.4 Å². The van der Waals surface area contributed by atoms with E-state index in [1.165, 1.54) is 11.8 Å². The van der Waals surface area contributed by atoms with Gasteiger partial charge in [0.25, 0.3) is 0 Å². The number of nitrogen functional groups attached to an aromatic ring is 1. The van der Waals surface area contributed by atoms with Gasteiger partial charge in [-0.15, -0.1) is 0 Å². The lowest BCUT2D eigenvalue weighted by Crippen LogP contribution is -2.22. The number of ether oxygens (including phenoxy) is 1. The Bertz CT molecular complexity index is 1200. The molecule has 0 aliphatic rings. The summed E-state index contributed by atoms with van der Waals surface area (Å²) in [6.07, 6.45) is 1.62. The van der Waals surface area contributed by atoms with Crippen molar-refractivity contribution in [2.45, 2.75) is 20.4 Å². The van der Waals surface area contributed by atoms with E-state index in [4.69, 9.17) is 15.1 Å². The number of aromatic nitrogens is 5. The molecule has 0 radical (unpaired) electrons. The Labute approximate surface area is 165 Å². The predicted octanol–water partition coefficient (Wildman–Crippen LogP) is 2.86. The second kappa shape index (κ2) is 7.23. The molecule has 0 bridgehead atoms. The fraction of sp³-hybridized carbons (Fsp3) is 0.211. The van der Waals surface area contributed by atoms with Crippen LogP contribution in [-0.2, 0) is 11.3 Å². The maximum Gasteiger partial charge on any atom is 0.223 e. The van der Waals surface area contributed by atoms with Crippen molar-refractivity contribution >= 4 is 28.4 Å². The first kappa shape index (κ1) is 18.4. The van der Waals surface area contributed by atoms with Gasteiger partial charge >= 0.3 is 0 Å². The number of hydrogen-bond donors (Lipinski definition) is 1. The Balaban J connectivity index is 1.70. The predicted molar refractivity (Wildman–Crippen MR) is 107 cm³/mol. The number of nitrogens with two attached hydrogens (primary N) is 1. The monoisotopic (exact) mass is 393 g/mol. The summed E-state index contributed by atoms with van der Waals surface area (Å²) in [4.78, 5) is 22.0. The van der Waals surface area contributed by atoms with E-state index < -0.39 is 0 Å². The number of aryl methyl sites for hydroxylation is 1. The van der Waals surface area contributed by atoms with E-state index in [1.807, 2.05) is 23.6 Å². The third-order valence-electron chi connectivity index (χ3n) is 4.55. The van der Waals surface area contributed by atoms with E-state index in [0.29, 0.717) is 35.2 Å². The number of hydrogen-bond acceptors (Lipinski definition) is 8. The van der Waals surface area contributed by atoms with Gasteiger partial charge in [0.15, 0.2) is 17.3 Å². The van der Waals surface area contributed by atoms with Gasteiger partial charge in [-0.3, -0.25) is 4.79 Å². The van der Waals surface area contributed by atoms with Crippen LogP contribution in [0.15, 0.2) is 41.2 Å². The van der Waals surface area contributed by atoms with Crippen molar-refractivity contribution in [1.82, 2.24) is 24.8 Å². The van der Waals surface area contributed by atoms with Gasteiger partial charge in [-0.2, -0.15) is 0 Å². The van der Waals surface area contributed by atoms with Crippen molar-refractivity contribution in [3.05, 3.63) is 36.5 Å². The molecule has 1 amide bonds. The van der Waals surface area contributed by atoms with Crippen LogP contribution in [0.25, 0.3) is 22.6 Å². The molecule has 10 nitrogen and oxygen atoms in total. The number of fused-ring (bicyclic) bond motifs is 1. The molecule has 0 aliphatic heterocycles. The molecule has 3 heterocycles. The normalized spacial score (nSPS) is 11.0. The van der Waals surface area contributed by atoms with Crippen molar-refractivity contribution in [3.63, 3.8) is 0 Å². The Hall–Kier alpha value is -3.95. The van der Waals surface area contributed by atoms with E-state index in [-0.39, 0.29) is 11.7 Å². The van der Waals surface area contributed by atoms with Crippen LogP contribution in [0.2, 0.25) is 0 Å². The Morgan fingerprint density at radius 1 is 1.31 bits per heavy atom. The number of amides is 1. The molecule has 0 aliphatic carbocycles. The highest BCUT2D eigenvalue weighted by molar-refractivity contribution is 5.91. The zero-order chi connectivity index (χ0) is 20.5. The highest BCUT2D eigenvalue weighted by Gasteiger charge is 2.19. The molecular weight excluding hydrogens is 374 g/mol. The molecule has 3 aromatic heterocycles. The topological polar surface area (TPSA) is 125 Å². The smallest absolute Gasteiger partial charge is 0.223 e. The van der Waals surface area contributed by atoms with Crippen molar-refractivity contribution < 1.29 is 14.2 Å². The van der Waals surface area contributed by atoms with E-state index in [9.17, 15) is 4.79 Å². The zero-order valence-corrected chi connectivity index (χ0v) is 16.2. The molecule has 0 saturated carbocycles. The number of nitrogens with zero attached hydrogens (tertiary/aromatic N) is 6. The van der Waals surface area contributed by atoms with Gasteiger partial charge in [-0.1, -0.05) is 6.07 Å². The van der Waals surface area contributed by atoms with E-state index in [0.717, 1.165) is 11.2 Å². The maximum absolute atomic E-state index is 11.6.